The molecule has 0 amide bonds. The van der Waals surface area contributed by atoms with Crippen LogP contribution in [0.2, 0.25) is 5.02 Å². The second kappa shape index (κ2) is 4.90. The molecule has 1 fully saturated rings. The SMILES string of the molecule is CCN1CCCC1Cc1ncc2c(Cl)cccn12. The Kier molecular flexibility index (Phi) is 3.27. The molecule has 1 atom stereocenters. The minimum Gasteiger partial charge on any atom is -0.302 e. The maximum atomic E-state index is 6.17. The topological polar surface area (TPSA) is 20.5 Å². The summed E-state index contributed by atoms with van der Waals surface area (Å²) in [5, 5.41) is 0.773. The highest BCUT2D eigenvalue weighted by atomic mass is 35.5. The zero-order valence-corrected chi connectivity index (χ0v) is 11.4. The molecule has 4 heteroatoms. The third-order valence-electron chi connectivity index (χ3n) is 3.92. The monoisotopic (exact) mass is 263 g/mol. The highest BCUT2D eigenvalue weighted by Gasteiger charge is 2.24. The van der Waals surface area contributed by atoms with Gasteiger partial charge in [0.05, 0.1) is 16.7 Å². The zero-order chi connectivity index (χ0) is 12.5. The van der Waals surface area contributed by atoms with Crippen molar-refractivity contribution in [2.45, 2.75) is 32.2 Å². The number of nitrogens with zero attached hydrogens (tertiary/aromatic N) is 3. The van der Waals surface area contributed by atoms with Crippen LogP contribution in [0.4, 0.5) is 0 Å². The van der Waals surface area contributed by atoms with E-state index >= 15 is 0 Å². The van der Waals surface area contributed by atoms with E-state index in [1.165, 1.54) is 19.4 Å². The highest BCUT2D eigenvalue weighted by Crippen LogP contribution is 2.23. The van der Waals surface area contributed by atoms with Gasteiger partial charge < -0.3 is 9.30 Å². The van der Waals surface area contributed by atoms with Crippen molar-refractivity contribution >= 4 is 17.1 Å². The Morgan fingerprint density at radius 2 is 2.39 bits per heavy atom. The molecule has 3 heterocycles. The summed E-state index contributed by atoms with van der Waals surface area (Å²) in [6, 6.07) is 4.53. The molecule has 1 unspecified atom stereocenters. The summed E-state index contributed by atoms with van der Waals surface area (Å²) in [6.07, 6.45) is 7.53. The van der Waals surface area contributed by atoms with Crippen molar-refractivity contribution in [3.63, 3.8) is 0 Å². The van der Waals surface area contributed by atoms with Crippen LogP contribution in [0.1, 0.15) is 25.6 Å². The predicted octanol–water partition coefficient (Wildman–Crippen LogP) is 3.01. The van der Waals surface area contributed by atoms with Gasteiger partial charge in [-0.2, -0.15) is 0 Å². The molecule has 0 N–H and O–H groups in total. The van der Waals surface area contributed by atoms with Gasteiger partial charge in [0.1, 0.15) is 5.82 Å². The first-order valence-corrected chi connectivity index (χ1v) is 7.02. The van der Waals surface area contributed by atoms with Crippen LogP contribution in [0.25, 0.3) is 5.52 Å². The van der Waals surface area contributed by atoms with E-state index in [4.69, 9.17) is 11.6 Å². The van der Waals surface area contributed by atoms with Crippen molar-refractivity contribution in [3.8, 4) is 0 Å². The van der Waals surface area contributed by atoms with Crippen molar-refractivity contribution in [1.29, 1.82) is 0 Å². The van der Waals surface area contributed by atoms with E-state index in [1.54, 1.807) is 0 Å². The Labute approximate surface area is 112 Å². The molecule has 0 aromatic carbocycles. The van der Waals surface area contributed by atoms with E-state index in [0.717, 1.165) is 29.3 Å². The van der Waals surface area contributed by atoms with E-state index in [9.17, 15) is 0 Å². The third kappa shape index (κ3) is 2.02. The standard InChI is InChI=1S/C14H18ClN3/c1-2-17-7-3-5-11(17)9-14-16-10-13-12(15)6-4-8-18(13)14/h4,6,8,10-11H,2-3,5,7,9H2,1H3. The van der Waals surface area contributed by atoms with Crippen molar-refractivity contribution in [2.75, 3.05) is 13.1 Å². The molecule has 1 aliphatic rings. The van der Waals surface area contributed by atoms with Gasteiger partial charge in [0.25, 0.3) is 0 Å². The Balaban J connectivity index is 1.89. The summed E-state index contributed by atoms with van der Waals surface area (Å²) in [7, 11) is 0. The summed E-state index contributed by atoms with van der Waals surface area (Å²) in [5.41, 5.74) is 1.01. The average Bonchev–Trinajstić information content (AvgIpc) is 2.98. The van der Waals surface area contributed by atoms with Gasteiger partial charge in [0.2, 0.25) is 0 Å². The molecule has 18 heavy (non-hydrogen) atoms. The Bertz CT molecular complexity index is 549. The van der Waals surface area contributed by atoms with Crippen LogP contribution in [0, 0.1) is 0 Å². The van der Waals surface area contributed by atoms with Crippen molar-refractivity contribution in [1.82, 2.24) is 14.3 Å². The number of rotatable bonds is 3. The molecule has 96 valence electrons. The number of hydrogen-bond acceptors (Lipinski definition) is 2. The van der Waals surface area contributed by atoms with Crippen molar-refractivity contribution < 1.29 is 0 Å². The van der Waals surface area contributed by atoms with Crippen LogP contribution < -0.4 is 0 Å². The molecule has 1 saturated heterocycles. The maximum Gasteiger partial charge on any atom is 0.114 e. The minimum atomic E-state index is 0.639. The second-order valence-corrected chi connectivity index (χ2v) is 5.32. The lowest BCUT2D eigenvalue weighted by molar-refractivity contribution is 0.263. The molecular formula is C14H18ClN3. The summed E-state index contributed by atoms with van der Waals surface area (Å²) in [5.74, 6) is 1.12. The predicted molar refractivity (Wildman–Crippen MR) is 74.2 cm³/mol. The average molecular weight is 264 g/mol. The van der Waals surface area contributed by atoms with E-state index < -0.39 is 0 Å². The Morgan fingerprint density at radius 3 is 3.22 bits per heavy atom. The maximum absolute atomic E-state index is 6.17. The zero-order valence-electron chi connectivity index (χ0n) is 10.6. The number of fused-ring (bicyclic) bond motifs is 1. The largest absolute Gasteiger partial charge is 0.302 e. The van der Waals surface area contributed by atoms with Crippen molar-refractivity contribution in [3.05, 3.63) is 35.4 Å². The molecule has 0 aliphatic carbocycles. The minimum absolute atomic E-state index is 0.639. The number of pyridine rings is 1. The van der Waals surface area contributed by atoms with Gasteiger partial charge in [-0.05, 0) is 38.1 Å². The summed E-state index contributed by atoms with van der Waals surface area (Å²) in [4.78, 5) is 7.09. The molecule has 2 aromatic rings. The molecule has 0 saturated carbocycles. The third-order valence-corrected chi connectivity index (χ3v) is 4.24. The van der Waals surface area contributed by atoms with Gasteiger partial charge in [0.15, 0.2) is 0 Å². The van der Waals surface area contributed by atoms with E-state index in [1.807, 2.05) is 18.3 Å². The summed E-state index contributed by atoms with van der Waals surface area (Å²) < 4.78 is 2.12. The van der Waals surface area contributed by atoms with E-state index in [0.29, 0.717) is 6.04 Å². The van der Waals surface area contributed by atoms with Gasteiger partial charge in [-0.1, -0.05) is 18.5 Å². The smallest absolute Gasteiger partial charge is 0.114 e. The first kappa shape index (κ1) is 12.0. The second-order valence-electron chi connectivity index (χ2n) is 4.91. The fraction of sp³-hybridized carbons (Fsp3) is 0.500. The van der Waals surface area contributed by atoms with Gasteiger partial charge in [-0.25, -0.2) is 4.98 Å². The number of imidazole rings is 1. The van der Waals surface area contributed by atoms with Crippen molar-refractivity contribution in [2.24, 2.45) is 0 Å². The molecule has 3 rings (SSSR count). The fourth-order valence-electron chi connectivity index (χ4n) is 2.95. The van der Waals surface area contributed by atoms with Gasteiger partial charge in [0, 0.05) is 18.7 Å². The fourth-order valence-corrected chi connectivity index (χ4v) is 3.16. The lowest BCUT2D eigenvalue weighted by Crippen LogP contribution is -2.31. The number of aromatic nitrogens is 2. The molecule has 0 radical (unpaired) electrons. The molecule has 0 bridgehead atoms. The van der Waals surface area contributed by atoms with E-state index in [-0.39, 0.29) is 0 Å². The lowest BCUT2D eigenvalue weighted by Gasteiger charge is -2.22. The van der Waals surface area contributed by atoms with Crippen LogP contribution in [0.5, 0.6) is 0 Å². The molecular weight excluding hydrogens is 246 g/mol. The van der Waals surface area contributed by atoms with Gasteiger partial charge >= 0.3 is 0 Å². The first-order valence-electron chi connectivity index (χ1n) is 6.64. The highest BCUT2D eigenvalue weighted by molar-refractivity contribution is 6.33. The number of likely N-dealkylation sites (N-methyl/N-ethyl adjacent to an activating group) is 1. The Hall–Kier alpha value is -1.06. The van der Waals surface area contributed by atoms with Crippen LogP contribution in [-0.4, -0.2) is 33.4 Å². The lowest BCUT2D eigenvalue weighted by atomic mass is 10.1. The van der Waals surface area contributed by atoms with Crippen LogP contribution in [-0.2, 0) is 6.42 Å². The first-order chi connectivity index (χ1) is 8.79. The summed E-state index contributed by atoms with van der Waals surface area (Å²) >= 11 is 6.17. The molecule has 1 aliphatic heterocycles. The van der Waals surface area contributed by atoms with E-state index in [2.05, 4.69) is 27.4 Å². The molecule has 3 nitrogen and oxygen atoms in total. The molecule has 2 aromatic heterocycles. The quantitative estimate of drug-likeness (QED) is 0.849. The Morgan fingerprint density at radius 1 is 1.50 bits per heavy atom. The summed E-state index contributed by atoms with van der Waals surface area (Å²) in [6.45, 7) is 4.60. The number of hydrogen-bond donors (Lipinski definition) is 0. The van der Waals surface area contributed by atoms with Crippen LogP contribution in [0.3, 0.4) is 0 Å². The van der Waals surface area contributed by atoms with Crippen LogP contribution in [0.15, 0.2) is 24.5 Å². The molecule has 0 spiro atoms. The number of likely N-dealkylation sites (tertiary alicyclic amines) is 1. The normalized spacial score (nSPS) is 20.9. The van der Waals surface area contributed by atoms with Crippen LogP contribution >= 0.6 is 11.6 Å². The van der Waals surface area contributed by atoms with Gasteiger partial charge in [-0.3, -0.25) is 0 Å². The van der Waals surface area contributed by atoms with Gasteiger partial charge in [-0.15, -0.1) is 0 Å². The number of halogens is 1.